The van der Waals surface area contributed by atoms with Crippen molar-refractivity contribution < 1.29 is 19.5 Å². The monoisotopic (exact) mass is 401 g/mol. The Morgan fingerprint density at radius 2 is 2.00 bits per heavy atom. The Morgan fingerprint density at radius 1 is 1.31 bits per heavy atom. The van der Waals surface area contributed by atoms with Crippen LogP contribution in [-0.4, -0.2) is 50.2 Å². The van der Waals surface area contributed by atoms with E-state index in [0.29, 0.717) is 6.54 Å². The lowest BCUT2D eigenvalue weighted by atomic mass is 10.0. The number of hydrogen-bond acceptors (Lipinski definition) is 5. The smallest absolute Gasteiger partial charge is 0.412 e. The molecule has 1 saturated heterocycles. The van der Waals surface area contributed by atoms with Crippen LogP contribution in [0.5, 0.6) is 0 Å². The van der Waals surface area contributed by atoms with Crippen LogP contribution in [0.4, 0.5) is 4.79 Å². The predicted molar refractivity (Wildman–Crippen MR) is 109 cm³/mol. The molecule has 2 N–H and O–H groups in total. The summed E-state index contributed by atoms with van der Waals surface area (Å²) in [4.78, 5) is 17.8. The fraction of sp³-hybridized carbons (Fsp3) is 0.500. The van der Waals surface area contributed by atoms with Crippen molar-refractivity contribution in [2.75, 3.05) is 6.61 Å². The van der Waals surface area contributed by atoms with E-state index >= 15 is 0 Å². The fourth-order valence-corrected chi connectivity index (χ4v) is 3.69. The van der Waals surface area contributed by atoms with E-state index < -0.39 is 29.5 Å². The second kappa shape index (κ2) is 8.18. The average molecular weight is 402 g/mol. The molecule has 0 bridgehead atoms. The minimum atomic E-state index is -0.856. The zero-order valence-corrected chi connectivity index (χ0v) is 17.8. The van der Waals surface area contributed by atoms with E-state index in [-0.39, 0.29) is 6.61 Å². The Bertz CT molecular complexity index is 799. The highest BCUT2D eigenvalue weighted by atomic mass is 16.6. The largest absolute Gasteiger partial charge is 0.444 e. The van der Waals surface area contributed by atoms with Crippen molar-refractivity contribution in [3.8, 4) is 0 Å². The zero-order chi connectivity index (χ0) is 21.2. The number of aromatic amines is 1. The van der Waals surface area contributed by atoms with Crippen molar-refractivity contribution in [3.63, 3.8) is 0 Å². The number of carbonyl (C=O) groups is 1. The summed E-state index contributed by atoms with van der Waals surface area (Å²) in [6, 6.07) is 12.5. The zero-order valence-electron chi connectivity index (χ0n) is 17.8. The molecule has 29 heavy (non-hydrogen) atoms. The second-order valence-corrected chi connectivity index (χ2v) is 8.83. The molecule has 7 heteroatoms. The maximum Gasteiger partial charge on any atom is 0.412 e. The Labute approximate surface area is 172 Å². The van der Waals surface area contributed by atoms with E-state index in [0.717, 1.165) is 11.3 Å². The van der Waals surface area contributed by atoms with Gasteiger partial charge in [0.2, 0.25) is 0 Å². The van der Waals surface area contributed by atoms with Gasteiger partial charge in [-0.3, -0.25) is 4.90 Å². The number of aromatic nitrogens is 1. The molecule has 0 aliphatic carbocycles. The Kier molecular flexibility index (Phi) is 6.03. The number of amides is 1. The first kappa shape index (κ1) is 21.4. The first-order valence-corrected chi connectivity index (χ1v) is 9.87. The lowest BCUT2D eigenvalue weighted by Crippen LogP contribution is -2.53. The molecule has 1 aromatic carbocycles. The van der Waals surface area contributed by atoms with Gasteiger partial charge in [-0.2, -0.15) is 5.06 Å². The van der Waals surface area contributed by atoms with E-state index in [2.05, 4.69) is 4.98 Å². The van der Waals surface area contributed by atoms with E-state index in [1.165, 1.54) is 5.06 Å². The molecule has 7 nitrogen and oxygen atoms in total. The first-order valence-electron chi connectivity index (χ1n) is 9.87. The fourth-order valence-electron chi connectivity index (χ4n) is 3.69. The van der Waals surface area contributed by atoms with Crippen LogP contribution in [0.3, 0.4) is 0 Å². The quantitative estimate of drug-likeness (QED) is 0.730. The summed E-state index contributed by atoms with van der Waals surface area (Å²) in [5.41, 5.74) is 0.271. The molecule has 0 spiro atoms. The number of benzene rings is 1. The molecule has 1 fully saturated rings. The van der Waals surface area contributed by atoms with Crippen molar-refractivity contribution in [1.29, 1.82) is 0 Å². The average Bonchev–Trinajstić information content (AvgIpc) is 3.23. The molecule has 158 valence electrons. The second-order valence-electron chi connectivity index (χ2n) is 8.83. The van der Waals surface area contributed by atoms with E-state index in [1.54, 1.807) is 11.1 Å². The molecular weight excluding hydrogens is 370 g/mol. The summed E-state index contributed by atoms with van der Waals surface area (Å²) in [7, 11) is 0. The van der Waals surface area contributed by atoms with Crippen LogP contribution >= 0.6 is 0 Å². The predicted octanol–water partition coefficient (Wildman–Crippen LogP) is 4.32. The van der Waals surface area contributed by atoms with Gasteiger partial charge in [-0.05, 0) is 52.3 Å². The van der Waals surface area contributed by atoms with Crippen LogP contribution in [0.1, 0.15) is 51.9 Å². The van der Waals surface area contributed by atoms with Crippen LogP contribution in [0.15, 0.2) is 48.7 Å². The van der Waals surface area contributed by atoms with E-state index in [4.69, 9.17) is 9.47 Å². The molecule has 1 unspecified atom stereocenters. The van der Waals surface area contributed by atoms with E-state index in [1.807, 2.05) is 77.1 Å². The molecule has 2 aromatic rings. The number of hydrogen-bond donors (Lipinski definition) is 2. The highest BCUT2D eigenvalue weighted by molar-refractivity contribution is 5.70. The maximum atomic E-state index is 13.1. The van der Waals surface area contributed by atoms with Gasteiger partial charge in [0.1, 0.15) is 11.3 Å². The number of ether oxygens (including phenoxy) is 2. The van der Waals surface area contributed by atoms with Crippen molar-refractivity contribution in [2.24, 2.45) is 0 Å². The summed E-state index contributed by atoms with van der Waals surface area (Å²) in [6.07, 6.45) is 1.34. The van der Waals surface area contributed by atoms with Gasteiger partial charge in [0.05, 0.1) is 18.7 Å². The van der Waals surface area contributed by atoms with Gasteiger partial charge in [-0.15, -0.1) is 0 Å². The van der Waals surface area contributed by atoms with Crippen molar-refractivity contribution in [3.05, 3.63) is 59.9 Å². The van der Waals surface area contributed by atoms with Gasteiger partial charge in [0.15, 0.2) is 0 Å². The lowest BCUT2D eigenvalue weighted by molar-refractivity contribution is -0.155. The van der Waals surface area contributed by atoms with Crippen LogP contribution in [-0.2, 0) is 16.0 Å². The van der Waals surface area contributed by atoms with Gasteiger partial charge >= 0.3 is 6.09 Å². The highest BCUT2D eigenvalue weighted by Crippen LogP contribution is 2.37. The van der Waals surface area contributed by atoms with Gasteiger partial charge in [-0.1, -0.05) is 30.3 Å². The van der Waals surface area contributed by atoms with Gasteiger partial charge in [-0.25, -0.2) is 4.79 Å². The Morgan fingerprint density at radius 3 is 2.59 bits per heavy atom. The lowest BCUT2D eigenvalue weighted by Gasteiger charge is -2.39. The van der Waals surface area contributed by atoms with Crippen molar-refractivity contribution in [1.82, 2.24) is 14.9 Å². The van der Waals surface area contributed by atoms with Gasteiger partial charge in [0.25, 0.3) is 0 Å². The number of hydroxylamine groups is 2. The summed E-state index contributed by atoms with van der Waals surface area (Å²) in [5, 5.41) is 12.3. The SMILES string of the molecule is CC(C)(C)OC(=O)N1[C@H](C(c2ccc[nH]2)N(O)Cc2ccccc2)COC1(C)C. The van der Waals surface area contributed by atoms with Crippen LogP contribution < -0.4 is 0 Å². The molecule has 1 aromatic heterocycles. The molecule has 0 radical (unpaired) electrons. The molecule has 0 saturated carbocycles. The third kappa shape index (κ3) is 4.98. The van der Waals surface area contributed by atoms with Crippen molar-refractivity contribution in [2.45, 2.75) is 64.6 Å². The molecule has 3 rings (SSSR count). The van der Waals surface area contributed by atoms with Gasteiger partial charge < -0.3 is 19.7 Å². The first-order chi connectivity index (χ1) is 13.6. The maximum absolute atomic E-state index is 13.1. The third-order valence-electron chi connectivity index (χ3n) is 4.92. The normalized spacial score (nSPS) is 20.1. The number of rotatable bonds is 5. The Hall–Kier alpha value is -2.35. The van der Waals surface area contributed by atoms with Crippen molar-refractivity contribution >= 4 is 6.09 Å². The minimum absolute atomic E-state index is 0.280. The molecule has 1 aliphatic heterocycles. The molecule has 2 heterocycles. The van der Waals surface area contributed by atoms with E-state index in [9.17, 15) is 10.0 Å². The number of nitrogens with one attached hydrogen (secondary N) is 1. The molecule has 1 amide bonds. The molecule has 2 atom stereocenters. The Balaban J connectivity index is 1.92. The third-order valence-corrected chi connectivity index (χ3v) is 4.92. The number of nitrogens with zero attached hydrogens (tertiary/aromatic N) is 2. The summed E-state index contributed by atoms with van der Waals surface area (Å²) in [6.45, 7) is 9.76. The standard InChI is InChI=1S/C22H31N3O4/c1-21(2,3)29-20(26)25-18(15-28-22(25,4)5)19(17-12-9-13-23-17)24(27)14-16-10-7-6-8-11-16/h6-13,18-19,23,27H,14-15H2,1-5H3/t18-,19?/m0/s1. The summed E-state index contributed by atoms with van der Waals surface area (Å²) < 4.78 is 11.6. The number of H-pyrrole nitrogens is 1. The molecule has 1 aliphatic rings. The molecular formula is C22H31N3O4. The number of carbonyl (C=O) groups excluding carboxylic acids is 1. The van der Waals surface area contributed by atoms with Crippen LogP contribution in [0.2, 0.25) is 0 Å². The topological polar surface area (TPSA) is 78.0 Å². The highest BCUT2D eigenvalue weighted by Gasteiger charge is 2.50. The van der Waals surface area contributed by atoms with Crippen LogP contribution in [0.25, 0.3) is 0 Å². The summed E-state index contributed by atoms with van der Waals surface area (Å²) >= 11 is 0. The summed E-state index contributed by atoms with van der Waals surface area (Å²) in [5.74, 6) is 0. The minimum Gasteiger partial charge on any atom is -0.444 e. The van der Waals surface area contributed by atoms with Gasteiger partial charge in [0, 0.05) is 18.4 Å². The van der Waals surface area contributed by atoms with Crippen LogP contribution in [0, 0.1) is 0 Å².